The maximum Gasteiger partial charge on any atom is 0.242 e. The average Bonchev–Trinajstić information content (AvgIpc) is 3.08. The quantitative estimate of drug-likeness (QED) is 0.0872. The molecule has 5 aromatic carbocycles. The first-order valence-electron chi connectivity index (χ1n) is 16.5. The van der Waals surface area contributed by atoms with E-state index in [1.54, 1.807) is 0 Å². The van der Waals surface area contributed by atoms with Crippen LogP contribution < -0.4 is 0 Å². The van der Waals surface area contributed by atoms with Crippen LogP contribution in [0.5, 0.6) is 0 Å². The van der Waals surface area contributed by atoms with Gasteiger partial charge in [0, 0.05) is 13.0 Å². The molecule has 5 rings (SSSR count). The van der Waals surface area contributed by atoms with Crippen molar-refractivity contribution in [3.8, 4) is 0 Å². The van der Waals surface area contributed by atoms with Crippen molar-refractivity contribution in [2.45, 2.75) is 71.0 Å². The number of ether oxygens (including phenoxy) is 2. The van der Waals surface area contributed by atoms with Crippen LogP contribution in [-0.2, 0) is 25.5 Å². The normalized spacial score (nSPS) is 14.5. The summed E-state index contributed by atoms with van der Waals surface area (Å²) in [5.41, 5.74) is 0.479. The van der Waals surface area contributed by atoms with E-state index in [-0.39, 0.29) is 12.0 Å². The molecule has 0 saturated carbocycles. The molecule has 3 unspecified atom stereocenters. The molecule has 237 valence electrons. The van der Waals surface area contributed by atoms with Crippen molar-refractivity contribution in [2.24, 2.45) is 5.41 Å². The molecule has 0 N–H and O–H groups in total. The molecular weight excluding hydrogens is 568 g/mol. The Hall–Kier alpha value is -4.12. The first-order valence-corrected chi connectivity index (χ1v) is 16.5. The van der Waals surface area contributed by atoms with Gasteiger partial charge in [0.2, 0.25) is 17.7 Å². The van der Waals surface area contributed by atoms with Crippen molar-refractivity contribution >= 4 is 33.6 Å². The molecule has 4 heteroatoms. The average molecular weight is 614 g/mol. The summed E-state index contributed by atoms with van der Waals surface area (Å²) in [5, 5.41) is 4.13. The summed E-state index contributed by atoms with van der Waals surface area (Å²) < 4.78 is 13.2. The Bertz CT molecular complexity index is 1740. The summed E-state index contributed by atoms with van der Waals surface area (Å²) >= 11 is 0. The van der Waals surface area contributed by atoms with E-state index in [2.05, 4.69) is 52.2 Å². The lowest BCUT2D eigenvalue weighted by Crippen LogP contribution is -2.55. The van der Waals surface area contributed by atoms with E-state index < -0.39 is 23.4 Å². The molecule has 4 nitrogen and oxygen atoms in total. The fraction of sp³-hybridized carbons (Fsp3) is 0.333. The molecule has 0 aliphatic carbocycles. The van der Waals surface area contributed by atoms with Gasteiger partial charge in [0.25, 0.3) is 0 Å². The number of carbonyl (C=O) groups excluding carboxylic acids is 2. The summed E-state index contributed by atoms with van der Waals surface area (Å²) in [7, 11) is 0. The SMILES string of the molecule is CCCCCOC([C]=O)(C(=O)C(Cc1cccc2ccccc12)OCC(C)(C)C)C(c1ccccc1)c1cccc2ccccc12. The van der Waals surface area contributed by atoms with Gasteiger partial charge < -0.3 is 9.47 Å². The Labute approximate surface area is 273 Å². The van der Waals surface area contributed by atoms with E-state index in [0.29, 0.717) is 13.0 Å². The summed E-state index contributed by atoms with van der Waals surface area (Å²) in [6.45, 7) is 8.95. The van der Waals surface area contributed by atoms with E-state index in [1.807, 2.05) is 97.1 Å². The smallest absolute Gasteiger partial charge is 0.242 e. The number of hydrogen-bond acceptors (Lipinski definition) is 4. The number of hydrogen-bond donors (Lipinski definition) is 0. The van der Waals surface area contributed by atoms with Crippen molar-refractivity contribution in [3.63, 3.8) is 0 Å². The first kappa shape index (κ1) is 33.2. The molecule has 0 aliphatic heterocycles. The van der Waals surface area contributed by atoms with Gasteiger partial charge in [0.05, 0.1) is 12.5 Å². The van der Waals surface area contributed by atoms with Gasteiger partial charge in [-0.15, -0.1) is 0 Å². The van der Waals surface area contributed by atoms with E-state index in [1.165, 1.54) is 0 Å². The number of rotatable bonds is 15. The zero-order valence-corrected chi connectivity index (χ0v) is 27.5. The molecule has 3 atom stereocenters. The maximum atomic E-state index is 15.3. The van der Waals surface area contributed by atoms with Crippen molar-refractivity contribution in [1.29, 1.82) is 0 Å². The topological polar surface area (TPSA) is 52.6 Å². The van der Waals surface area contributed by atoms with Gasteiger partial charge >= 0.3 is 0 Å². The molecule has 5 aromatic rings. The van der Waals surface area contributed by atoms with Crippen molar-refractivity contribution in [1.82, 2.24) is 0 Å². The van der Waals surface area contributed by atoms with E-state index in [9.17, 15) is 4.79 Å². The number of benzene rings is 5. The number of Topliss-reactive ketones (excluding diaryl/α,β-unsaturated/α-hetero) is 1. The minimum absolute atomic E-state index is 0.207. The van der Waals surface area contributed by atoms with Gasteiger partial charge in [-0.3, -0.25) is 9.59 Å². The molecule has 0 fully saturated rings. The van der Waals surface area contributed by atoms with E-state index in [0.717, 1.165) is 57.5 Å². The van der Waals surface area contributed by atoms with Gasteiger partial charge in [-0.05, 0) is 50.1 Å². The number of carbonyl (C=O) groups is 1. The highest BCUT2D eigenvalue weighted by Gasteiger charge is 2.52. The van der Waals surface area contributed by atoms with Crippen molar-refractivity contribution < 1.29 is 19.1 Å². The monoisotopic (exact) mass is 613 g/mol. The second kappa shape index (κ2) is 15.0. The molecule has 0 heterocycles. The Morgan fingerprint density at radius 2 is 1.35 bits per heavy atom. The van der Waals surface area contributed by atoms with Crippen LogP contribution in [0.2, 0.25) is 0 Å². The second-order valence-electron chi connectivity index (χ2n) is 13.4. The standard InChI is InChI=1S/C42H45O4/c1-5-6-14-27-46-42(29-43,39(33-19-8-7-9-20-33)37-26-16-22-32-18-11-13-25-36(32)37)40(44)38(45-30-41(2,3)4)28-34-23-15-21-31-17-10-12-24-35(31)34/h7-13,15-26,38-39H,5-6,14,27-28,30H2,1-4H3. The van der Waals surface area contributed by atoms with Crippen molar-refractivity contribution in [3.05, 3.63) is 132 Å². The second-order valence-corrected chi connectivity index (χ2v) is 13.4. The van der Waals surface area contributed by atoms with Crippen LogP contribution in [0.3, 0.4) is 0 Å². The van der Waals surface area contributed by atoms with Gasteiger partial charge in [-0.25, -0.2) is 0 Å². The highest BCUT2D eigenvalue weighted by molar-refractivity contribution is 6.07. The summed E-state index contributed by atoms with van der Waals surface area (Å²) in [6.07, 6.45) is 4.24. The number of ketones is 1. The highest BCUT2D eigenvalue weighted by Crippen LogP contribution is 2.42. The third-order valence-corrected chi connectivity index (χ3v) is 8.56. The Balaban J connectivity index is 1.70. The first-order chi connectivity index (χ1) is 22.3. The lowest BCUT2D eigenvalue weighted by atomic mass is 9.72. The van der Waals surface area contributed by atoms with Crippen molar-refractivity contribution in [2.75, 3.05) is 13.2 Å². The minimum Gasteiger partial charge on any atom is -0.369 e. The van der Waals surface area contributed by atoms with Crippen LogP contribution in [0.25, 0.3) is 21.5 Å². The highest BCUT2D eigenvalue weighted by atomic mass is 16.5. The van der Waals surface area contributed by atoms with Crippen LogP contribution in [-0.4, -0.2) is 37.0 Å². The number of fused-ring (bicyclic) bond motifs is 2. The summed E-state index contributed by atoms with van der Waals surface area (Å²) in [5.74, 6) is -1.15. The largest absolute Gasteiger partial charge is 0.369 e. The number of unbranched alkanes of at least 4 members (excludes halogenated alkanes) is 2. The molecule has 0 aliphatic rings. The van der Waals surface area contributed by atoms with E-state index >= 15 is 4.79 Å². The van der Waals surface area contributed by atoms with Crippen LogP contribution >= 0.6 is 0 Å². The zero-order valence-electron chi connectivity index (χ0n) is 27.5. The summed E-state index contributed by atoms with van der Waals surface area (Å²) in [4.78, 5) is 29.0. The third-order valence-electron chi connectivity index (χ3n) is 8.56. The van der Waals surface area contributed by atoms with Crippen LogP contribution in [0, 0.1) is 5.41 Å². The van der Waals surface area contributed by atoms with Gasteiger partial charge in [-0.2, -0.15) is 0 Å². The van der Waals surface area contributed by atoms with Crippen LogP contribution in [0.15, 0.2) is 115 Å². The summed E-state index contributed by atoms with van der Waals surface area (Å²) in [6, 6.07) is 38.1. The fourth-order valence-corrected chi connectivity index (χ4v) is 6.29. The van der Waals surface area contributed by atoms with Gasteiger partial charge in [-0.1, -0.05) is 156 Å². The van der Waals surface area contributed by atoms with Crippen LogP contribution in [0.4, 0.5) is 0 Å². The molecule has 0 aromatic heterocycles. The molecule has 0 spiro atoms. The predicted octanol–water partition coefficient (Wildman–Crippen LogP) is 9.42. The fourth-order valence-electron chi connectivity index (χ4n) is 6.29. The molecule has 46 heavy (non-hydrogen) atoms. The minimum atomic E-state index is -1.95. The lowest BCUT2D eigenvalue weighted by Gasteiger charge is -2.38. The Morgan fingerprint density at radius 1 is 0.739 bits per heavy atom. The zero-order chi connectivity index (χ0) is 32.6. The van der Waals surface area contributed by atoms with Crippen LogP contribution in [0.1, 0.15) is 69.6 Å². The molecule has 0 bridgehead atoms. The predicted molar refractivity (Wildman–Crippen MR) is 188 cm³/mol. The Morgan fingerprint density at radius 3 is 2.02 bits per heavy atom. The molecule has 0 amide bonds. The van der Waals surface area contributed by atoms with Gasteiger partial charge in [0.1, 0.15) is 6.10 Å². The van der Waals surface area contributed by atoms with E-state index in [4.69, 9.17) is 9.47 Å². The lowest BCUT2D eigenvalue weighted by molar-refractivity contribution is -0.151. The van der Waals surface area contributed by atoms with Gasteiger partial charge in [0.15, 0.2) is 0 Å². The Kier molecular flexibility index (Phi) is 10.8. The molecule has 0 saturated heterocycles. The molecular formula is C42H45O4. The molecule has 1 radical (unpaired) electrons. The maximum absolute atomic E-state index is 15.3. The third kappa shape index (κ3) is 7.46.